The molecule has 2 N–H and O–H groups in total. The van der Waals surface area contributed by atoms with Gasteiger partial charge in [0.25, 0.3) is 0 Å². The van der Waals surface area contributed by atoms with Gasteiger partial charge in [-0.1, -0.05) is 26.0 Å². The number of carboxylic acid groups (broad SMARTS) is 1. The molecular formula is C20H27NO4. The molecule has 2 rings (SSSR count). The Balaban J connectivity index is 1.85. The van der Waals surface area contributed by atoms with E-state index in [1.807, 2.05) is 18.2 Å². The Hall–Kier alpha value is -2.17. The minimum absolute atomic E-state index is 0.0414. The van der Waals surface area contributed by atoms with E-state index in [0.717, 1.165) is 19.3 Å². The zero-order valence-corrected chi connectivity index (χ0v) is 15.1. The summed E-state index contributed by atoms with van der Waals surface area (Å²) in [7, 11) is 0. The van der Waals surface area contributed by atoms with Crippen LogP contribution in [-0.2, 0) is 22.4 Å². The van der Waals surface area contributed by atoms with Crippen LogP contribution in [-0.4, -0.2) is 29.3 Å². The Morgan fingerprint density at radius 2 is 1.76 bits per heavy atom. The summed E-state index contributed by atoms with van der Waals surface area (Å²) in [5.41, 5.74) is 2.29. The molecule has 0 unspecified atom stereocenters. The van der Waals surface area contributed by atoms with E-state index >= 15 is 0 Å². The van der Waals surface area contributed by atoms with E-state index in [0.29, 0.717) is 18.4 Å². The quantitative estimate of drug-likeness (QED) is 0.674. The lowest BCUT2D eigenvalue weighted by Crippen LogP contribution is -2.42. The van der Waals surface area contributed by atoms with Gasteiger partial charge in [-0.05, 0) is 49.3 Å². The molecule has 0 bridgehead atoms. The molecule has 0 saturated carbocycles. The van der Waals surface area contributed by atoms with Crippen LogP contribution in [0.15, 0.2) is 18.2 Å². The molecule has 5 nitrogen and oxygen atoms in total. The van der Waals surface area contributed by atoms with Gasteiger partial charge in [0.1, 0.15) is 0 Å². The number of Topliss-reactive ketones (excluding diaryl/α,β-unsaturated/α-hetero) is 1. The van der Waals surface area contributed by atoms with Crippen molar-refractivity contribution in [2.75, 3.05) is 6.54 Å². The normalized spacial score (nSPS) is 13.4. The van der Waals surface area contributed by atoms with Gasteiger partial charge in [0.05, 0.1) is 5.41 Å². The number of ketones is 1. The molecule has 0 heterocycles. The first-order valence-electron chi connectivity index (χ1n) is 9.07. The standard InChI is InChI=1S/C20H27NO4/c1-3-20(4-2,19(24)25)13-21-18(23)11-10-17(22)16-9-8-14-6-5-7-15(14)12-16/h8-9,12H,3-7,10-11,13H2,1-2H3,(H,21,23)(H,24,25). The van der Waals surface area contributed by atoms with Crippen LogP contribution in [0.2, 0.25) is 0 Å². The SMILES string of the molecule is CCC(CC)(CNC(=O)CCC(=O)c1ccc2c(c1)CCC2)C(=O)O. The highest BCUT2D eigenvalue weighted by Gasteiger charge is 2.35. The van der Waals surface area contributed by atoms with E-state index in [-0.39, 0.29) is 31.1 Å². The van der Waals surface area contributed by atoms with Gasteiger partial charge in [-0.15, -0.1) is 0 Å². The lowest BCUT2D eigenvalue weighted by Gasteiger charge is -2.26. The monoisotopic (exact) mass is 345 g/mol. The fourth-order valence-corrected chi connectivity index (χ4v) is 3.35. The Kier molecular flexibility index (Phi) is 6.34. The lowest BCUT2D eigenvalue weighted by molar-refractivity contribution is -0.149. The molecule has 1 aliphatic rings. The summed E-state index contributed by atoms with van der Waals surface area (Å²) in [6.45, 7) is 3.71. The smallest absolute Gasteiger partial charge is 0.311 e. The Morgan fingerprint density at radius 3 is 2.40 bits per heavy atom. The molecule has 0 saturated heterocycles. The van der Waals surface area contributed by atoms with Crippen molar-refractivity contribution < 1.29 is 19.5 Å². The van der Waals surface area contributed by atoms with Gasteiger partial charge in [0.15, 0.2) is 5.78 Å². The molecule has 1 amide bonds. The highest BCUT2D eigenvalue weighted by atomic mass is 16.4. The highest BCUT2D eigenvalue weighted by molar-refractivity contribution is 5.98. The molecule has 136 valence electrons. The van der Waals surface area contributed by atoms with Crippen LogP contribution in [0.4, 0.5) is 0 Å². The Bertz CT molecular complexity index is 662. The minimum atomic E-state index is -0.931. The molecule has 1 aromatic rings. The largest absolute Gasteiger partial charge is 0.481 e. The molecule has 0 radical (unpaired) electrons. The predicted octanol–water partition coefficient (Wildman–Crippen LogP) is 3.15. The van der Waals surface area contributed by atoms with Crippen molar-refractivity contribution in [3.8, 4) is 0 Å². The number of hydrogen-bond acceptors (Lipinski definition) is 3. The van der Waals surface area contributed by atoms with E-state index in [9.17, 15) is 19.5 Å². The second-order valence-electron chi connectivity index (χ2n) is 6.83. The number of nitrogens with one attached hydrogen (secondary N) is 1. The van der Waals surface area contributed by atoms with Crippen LogP contribution < -0.4 is 5.32 Å². The molecule has 0 spiro atoms. The summed E-state index contributed by atoms with van der Waals surface area (Å²) < 4.78 is 0. The summed E-state index contributed by atoms with van der Waals surface area (Å²) in [6.07, 6.45) is 4.35. The minimum Gasteiger partial charge on any atom is -0.481 e. The fourth-order valence-electron chi connectivity index (χ4n) is 3.35. The zero-order valence-electron chi connectivity index (χ0n) is 15.1. The van der Waals surface area contributed by atoms with Crippen LogP contribution in [0.5, 0.6) is 0 Å². The van der Waals surface area contributed by atoms with Crippen molar-refractivity contribution >= 4 is 17.7 Å². The van der Waals surface area contributed by atoms with E-state index in [1.165, 1.54) is 11.1 Å². The van der Waals surface area contributed by atoms with Crippen LogP contribution in [0.1, 0.15) is 67.4 Å². The van der Waals surface area contributed by atoms with E-state index < -0.39 is 11.4 Å². The first-order valence-corrected chi connectivity index (χ1v) is 9.07. The number of amides is 1. The van der Waals surface area contributed by atoms with Gasteiger partial charge < -0.3 is 10.4 Å². The van der Waals surface area contributed by atoms with Crippen molar-refractivity contribution in [1.29, 1.82) is 0 Å². The molecule has 1 aromatic carbocycles. The van der Waals surface area contributed by atoms with Crippen LogP contribution in [0, 0.1) is 5.41 Å². The summed E-state index contributed by atoms with van der Waals surface area (Å²) >= 11 is 0. The van der Waals surface area contributed by atoms with Crippen molar-refractivity contribution in [2.24, 2.45) is 5.41 Å². The third-order valence-corrected chi connectivity index (χ3v) is 5.43. The van der Waals surface area contributed by atoms with Crippen LogP contribution >= 0.6 is 0 Å². The molecule has 25 heavy (non-hydrogen) atoms. The molecule has 1 aliphatic carbocycles. The number of aryl methyl sites for hydroxylation is 2. The number of benzene rings is 1. The summed E-state index contributed by atoms with van der Waals surface area (Å²) in [4.78, 5) is 35.7. The van der Waals surface area contributed by atoms with Gasteiger partial charge in [-0.2, -0.15) is 0 Å². The van der Waals surface area contributed by atoms with Gasteiger partial charge >= 0.3 is 5.97 Å². The van der Waals surface area contributed by atoms with Crippen molar-refractivity contribution in [1.82, 2.24) is 5.32 Å². The maximum atomic E-state index is 12.3. The topological polar surface area (TPSA) is 83.5 Å². The maximum Gasteiger partial charge on any atom is 0.311 e. The summed E-state index contributed by atoms with van der Waals surface area (Å²) in [5.74, 6) is -1.21. The number of aliphatic carboxylic acids is 1. The Morgan fingerprint density at radius 1 is 1.08 bits per heavy atom. The number of rotatable bonds is 9. The average Bonchev–Trinajstić information content (AvgIpc) is 3.08. The summed E-state index contributed by atoms with van der Waals surface area (Å²) in [5, 5.41) is 12.1. The third-order valence-electron chi connectivity index (χ3n) is 5.43. The van der Waals surface area contributed by atoms with Gasteiger partial charge in [0.2, 0.25) is 5.91 Å². The molecule has 5 heteroatoms. The fraction of sp³-hybridized carbons (Fsp3) is 0.550. The molecule has 0 aliphatic heterocycles. The zero-order chi connectivity index (χ0) is 18.4. The molecule has 0 atom stereocenters. The van der Waals surface area contributed by atoms with E-state index in [2.05, 4.69) is 5.32 Å². The Labute approximate surface area is 148 Å². The van der Waals surface area contributed by atoms with Gasteiger partial charge in [-0.25, -0.2) is 0 Å². The van der Waals surface area contributed by atoms with Gasteiger partial charge in [-0.3, -0.25) is 14.4 Å². The third kappa shape index (κ3) is 4.47. The maximum absolute atomic E-state index is 12.3. The predicted molar refractivity (Wildman–Crippen MR) is 95.7 cm³/mol. The lowest BCUT2D eigenvalue weighted by atomic mass is 9.82. The number of carbonyl (C=O) groups excluding carboxylic acids is 2. The second-order valence-corrected chi connectivity index (χ2v) is 6.83. The first-order chi connectivity index (χ1) is 11.9. The molecule has 0 aromatic heterocycles. The number of hydrogen-bond donors (Lipinski definition) is 2. The molecule has 0 fully saturated rings. The second kappa shape index (κ2) is 8.28. The van der Waals surface area contributed by atoms with Crippen LogP contribution in [0.25, 0.3) is 0 Å². The number of carboxylic acids is 1. The summed E-state index contributed by atoms with van der Waals surface area (Å²) in [6, 6.07) is 5.81. The van der Waals surface area contributed by atoms with Crippen LogP contribution in [0.3, 0.4) is 0 Å². The number of fused-ring (bicyclic) bond motifs is 1. The van der Waals surface area contributed by atoms with Gasteiger partial charge in [0, 0.05) is 24.9 Å². The van der Waals surface area contributed by atoms with Crippen molar-refractivity contribution in [2.45, 2.75) is 58.8 Å². The highest BCUT2D eigenvalue weighted by Crippen LogP contribution is 2.26. The van der Waals surface area contributed by atoms with Crippen molar-refractivity contribution in [3.05, 3.63) is 34.9 Å². The average molecular weight is 345 g/mol. The molecular weight excluding hydrogens is 318 g/mol. The number of carbonyl (C=O) groups is 3. The van der Waals surface area contributed by atoms with E-state index in [4.69, 9.17) is 0 Å². The first kappa shape index (κ1) is 19.2. The van der Waals surface area contributed by atoms with Crippen molar-refractivity contribution in [3.63, 3.8) is 0 Å². The van der Waals surface area contributed by atoms with E-state index in [1.54, 1.807) is 13.8 Å².